The second-order valence-electron chi connectivity index (χ2n) is 2.85. The van der Waals surface area contributed by atoms with Gasteiger partial charge in [0.05, 0.1) is 0 Å². The van der Waals surface area contributed by atoms with Crippen LogP contribution in [0.1, 0.15) is 32.6 Å². The normalized spacial score (nSPS) is 19.4. The smallest absolute Gasteiger partial charge is 0.117 e. The minimum Gasteiger partial charge on any atom is -0.380 e. The van der Waals surface area contributed by atoms with Gasteiger partial charge in [-0.3, -0.25) is 0 Å². The van der Waals surface area contributed by atoms with Crippen LogP contribution in [0, 0.1) is 17.8 Å². The van der Waals surface area contributed by atoms with Crippen molar-refractivity contribution in [2.24, 2.45) is 5.92 Å². The molecule has 1 saturated carbocycles. The summed E-state index contributed by atoms with van der Waals surface area (Å²) in [6.45, 7) is 2.10. The molecule has 1 aliphatic carbocycles. The third-order valence-corrected chi connectivity index (χ3v) is 1.69. The van der Waals surface area contributed by atoms with Crippen LogP contribution >= 0.6 is 0 Å². The molecule has 10 heavy (non-hydrogen) atoms. The lowest BCUT2D eigenvalue weighted by Gasteiger charge is -1.95. The highest BCUT2D eigenvalue weighted by molar-refractivity contribution is 5.08. The monoisotopic (exact) mass is 138 g/mol. The maximum Gasteiger partial charge on any atom is 0.117 e. The fraction of sp³-hybridized carbons (Fsp3) is 0.778. The molecule has 0 aromatic rings. The first-order valence-corrected chi connectivity index (χ1v) is 4.01. The summed E-state index contributed by atoms with van der Waals surface area (Å²) < 4.78 is 0. The van der Waals surface area contributed by atoms with Gasteiger partial charge in [-0.05, 0) is 25.2 Å². The molecular formula is C9H14O. The molecule has 1 rings (SSSR count). The van der Waals surface area contributed by atoms with E-state index in [1.54, 1.807) is 0 Å². The van der Waals surface area contributed by atoms with E-state index in [9.17, 15) is 5.11 Å². The zero-order valence-corrected chi connectivity index (χ0v) is 6.43. The molecule has 1 unspecified atom stereocenters. The van der Waals surface area contributed by atoms with Gasteiger partial charge in [-0.15, -0.1) is 5.92 Å². The van der Waals surface area contributed by atoms with Gasteiger partial charge in [0, 0.05) is 6.42 Å². The lowest BCUT2D eigenvalue weighted by Crippen LogP contribution is -2.04. The van der Waals surface area contributed by atoms with E-state index in [2.05, 4.69) is 18.8 Å². The molecule has 0 aliphatic heterocycles. The highest BCUT2D eigenvalue weighted by atomic mass is 16.3. The summed E-state index contributed by atoms with van der Waals surface area (Å²) in [5, 5.41) is 9.24. The van der Waals surface area contributed by atoms with Gasteiger partial charge in [0.25, 0.3) is 0 Å². The average Bonchev–Trinajstić information content (AvgIpc) is 2.69. The first-order chi connectivity index (χ1) is 4.84. The molecule has 0 aromatic carbocycles. The van der Waals surface area contributed by atoms with Crippen molar-refractivity contribution in [1.82, 2.24) is 0 Å². The molecule has 0 aromatic heterocycles. The molecular weight excluding hydrogens is 124 g/mol. The average molecular weight is 138 g/mol. The summed E-state index contributed by atoms with van der Waals surface area (Å²) in [5.74, 6) is 6.31. The van der Waals surface area contributed by atoms with E-state index in [1.165, 1.54) is 12.8 Å². The molecule has 0 amide bonds. The molecule has 1 aliphatic rings. The van der Waals surface area contributed by atoms with Crippen LogP contribution in [-0.2, 0) is 0 Å². The number of hydrogen-bond acceptors (Lipinski definition) is 1. The number of unbranched alkanes of at least 4 members (excludes halogenated alkanes) is 1. The highest BCUT2D eigenvalue weighted by Gasteiger charge is 2.28. The molecule has 1 fully saturated rings. The van der Waals surface area contributed by atoms with Gasteiger partial charge < -0.3 is 5.11 Å². The molecule has 0 spiro atoms. The summed E-state index contributed by atoms with van der Waals surface area (Å²) in [6, 6.07) is 0. The Kier molecular flexibility index (Phi) is 2.77. The Labute approximate surface area is 62.4 Å². The van der Waals surface area contributed by atoms with E-state index in [-0.39, 0.29) is 6.10 Å². The van der Waals surface area contributed by atoms with Crippen molar-refractivity contribution < 1.29 is 5.11 Å². The maximum absolute atomic E-state index is 9.24. The number of hydrogen-bond donors (Lipinski definition) is 1. The van der Waals surface area contributed by atoms with Crippen molar-refractivity contribution in [1.29, 1.82) is 0 Å². The summed E-state index contributed by atoms with van der Waals surface area (Å²) in [6.07, 6.45) is 4.02. The maximum atomic E-state index is 9.24. The summed E-state index contributed by atoms with van der Waals surface area (Å²) in [5.41, 5.74) is 0. The van der Waals surface area contributed by atoms with Crippen LogP contribution in [-0.4, -0.2) is 11.2 Å². The molecule has 0 radical (unpaired) electrons. The molecule has 56 valence electrons. The van der Waals surface area contributed by atoms with Gasteiger partial charge >= 0.3 is 0 Å². The second kappa shape index (κ2) is 3.63. The lowest BCUT2D eigenvalue weighted by molar-refractivity contribution is 0.209. The van der Waals surface area contributed by atoms with Gasteiger partial charge in [-0.1, -0.05) is 12.8 Å². The van der Waals surface area contributed by atoms with Gasteiger partial charge in [-0.25, -0.2) is 0 Å². The molecule has 1 atom stereocenters. The summed E-state index contributed by atoms with van der Waals surface area (Å²) >= 11 is 0. The molecule has 1 N–H and O–H groups in total. The number of rotatable bonds is 2. The van der Waals surface area contributed by atoms with Crippen LogP contribution in [0.5, 0.6) is 0 Å². The lowest BCUT2D eigenvalue weighted by atomic mass is 10.2. The van der Waals surface area contributed by atoms with Crippen LogP contribution in [0.15, 0.2) is 0 Å². The molecule has 0 saturated heterocycles. The minimum absolute atomic E-state index is 0.327. The predicted octanol–water partition coefficient (Wildman–Crippen LogP) is 1.56. The van der Waals surface area contributed by atoms with Crippen molar-refractivity contribution in [3.63, 3.8) is 0 Å². The van der Waals surface area contributed by atoms with E-state index in [1.807, 2.05) is 0 Å². The standard InChI is InChI=1S/C9H14O/c1-2-3-4-5-9(10)8-6-7-8/h8-10H,2-3,6-7H2,1H3. The fourth-order valence-electron chi connectivity index (χ4n) is 0.832. The van der Waals surface area contributed by atoms with Gasteiger partial charge in [-0.2, -0.15) is 0 Å². The summed E-state index contributed by atoms with van der Waals surface area (Å²) in [4.78, 5) is 0. The van der Waals surface area contributed by atoms with Gasteiger partial charge in [0.2, 0.25) is 0 Å². The Morgan fingerprint density at radius 2 is 2.30 bits per heavy atom. The number of aliphatic hydroxyl groups is 1. The third kappa shape index (κ3) is 2.41. The Bertz CT molecular complexity index is 148. The summed E-state index contributed by atoms with van der Waals surface area (Å²) in [7, 11) is 0. The minimum atomic E-state index is -0.327. The molecule has 0 heterocycles. The quantitative estimate of drug-likeness (QED) is 0.574. The van der Waals surface area contributed by atoms with Gasteiger partial charge in [0.1, 0.15) is 6.10 Å². The molecule has 0 bridgehead atoms. The van der Waals surface area contributed by atoms with Crippen LogP contribution in [0.3, 0.4) is 0 Å². The zero-order valence-electron chi connectivity index (χ0n) is 6.43. The van der Waals surface area contributed by atoms with Crippen LogP contribution < -0.4 is 0 Å². The molecule has 1 heteroatoms. The molecule has 1 nitrogen and oxygen atoms in total. The van der Waals surface area contributed by atoms with Crippen LogP contribution in [0.25, 0.3) is 0 Å². The topological polar surface area (TPSA) is 20.2 Å². The first kappa shape index (κ1) is 7.63. The fourth-order valence-corrected chi connectivity index (χ4v) is 0.832. The Morgan fingerprint density at radius 3 is 2.80 bits per heavy atom. The second-order valence-corrected chi connectivity index (χ2v) is 2.85. The van der Waals surface area contributed by atoms with Crippen molar-refractivity contribution in [3.05, 3.63) is 0 Å². The Hall–Kier alpha value is -0.480. The Morgan fingerprint density at radius 1 is 1.60 bits per heavy atom. The van der Waals surface area contributed by atoms with Crippen molar-refractivity contribution >= 4 is 0 Å². The van der Waals surface area contributed by atoms with Crippen molar-refractivity contribution in [2.45, 2.75) is 38.7 Å². The van der Waals surface area contributed by atoms with E-state index in [4.69, 9.17) is 0 Å². The van der Waals surface area contributed by atoms with E-state index in [0.717, 1.165) is 12.8 Å². The van der Waals surface area contributed by atoms with E-state index >= 15 is 0 Å². The van der Waals surface area contributed by atoms with E-state index in [0.29, 0.717) is 5.92 Å². The third-order valence-electron chi connectivity index (χ3n) is 1.69. The largest absolute Gasteiger partial charge is 0.380 e. The zero-order chi connectivity index (χ0) is 7.40. The SMILES string of the molecule is CCCC#CC(O)C1CC1. The van der Waals surface area contributed by atoms with Crippen molar-refractivity contribution in [3.8, 4) is 11.8 Å². The predicted molar refractivity (Wildman–Crippen MR) is 41.4 cm³/mol. The van der Waals surface area contributed by atoms with Crippen LogP contribution in [0.2, 0.25) is 0 Å². The first-order valence-electron chi connectivity index (χ1n) is 4.01. The number of aliphatic hydroxyl groups excluding tert-OH is 1. The van der Waals surface area contributed by atoms with Crippen LogP contribution in [0.4, 0.5) is 0 Å². The van der Waals surface area contributed by atoms with Gasteiger partial charge in [0.15, 0.2) is 0 Å². The Balaban J connectivity index is 2.16. The highest BCUT2D eigenvalue weighted by Crippen LogP contribution is 2.32. The van der Waals surface area contributed by atoms with Crippen molar-refractivity contribution in [2.75, 3.05) is 0 Å². The van der Waals surface area contributed by atoms with E-state index < -0.39 is 0 Å².